The molecule has 1 aromatic carbocycles. The van der Waals surface area contributed by atoms with E-state index in [0.29, 0.717) is 29.0 Å². The lowest BCUT2D eigenvalue weighted by atomic mass is 10.1. The summed E-state index contributed by atoms with van der Waals surface area (Å²) in [6.07, 6.45) is 1.66. The monoisotopic (exact) mass is 363 g/mol. The van der Waals surface area contributed by atoms with E-state index >= 15 is 0 Å². The molecule has 2 heterocycles. The van der Waals surface area contributed by atoms with Gasteiger partial charge in [-0.15, -0.1) is 0 Å². The van der Waals surface area contributed by atoms with E-state index < -0.39 is 11.7 Å². The fourth-order valence-electron chi connectivity index (χ4n) is 3.35. The van der Waals surface area contributed by atoms with Crippen molar-refractivity contribution in [1.82, 2.24) is 4.90 Å². The fourth-order valence-corrected chi connectivity index (χ4v) is 3.35. The zero-order valence-corrected chi connectivity index (χ0v) is 15.4. The molecule has 0 radical (unpaired) electrons. The van der Waals surface area contributed by atoms with Crippen molar-refractivity contribution in [3.8, 4) is 17.2 Å². The van der Waals surface area contributed by atoms with Crippen LogP contribution in [0.2, 0.25) is 0 Å². The largest absolute Gasteiger partial charge is 0.493 e. The number of β-amino-alcohol motifs (C(OH)–C–C–N with tert-alkyl or cyclic N) is 1. The minimum atomic E-state index is -0.657. The Balaban J connectivity index is 1.92. The van der Waals surface area contributed by atoms with Crippen molar-refractivity contribution in [2.45, 2.75) is 25.9 Å². The molecular formula is C19H25NO6. The molecule has 1 fully saturated rings. The molecule has 1 saturated heterocycles. The number of ether oxygens (including phenoxy) is 3. The van der Waals surface area contributed by atoms with Gasteiger partial charge < -0.3 is 28.6 Å². The molecule has 26 heavy (non-hydrogen) atoms. The molecule has 0 bridgehead atoms. The van der Waals surface area contributed by atoms with Crippen LogP contribution < -0.4 is 19.8 Å². The number of benzene rings is 1. The maximum atomic E-state index is 11.8. The van der Waals surface area contributed by atoms with E-state index in [-0.39, 0.29) is 12.4 Å². The molecule has 142 valence electrons. The van der Waals surface area contributed by atoms with Gasteiger partial charge in [-0.05, 0) is 44.5 Å². The molecular weight excluding hydrogens is 338 g/mol. The van der Waals surface area contributed by atoms with E-state index in [1.807, 2.05) is 6.92 Å². The van der Waals surface area contributed by atoms with E-state index in [9.17, 15) is 9.90 Å². The predicted octanol–water partition coefficient (Wildman–Crippen LogP) is 1.95. The molecule has 2 aromatic rings. The first-order valence-electron chi connectivity index (χ1n) is 8.76. The first kappa shape index (κ1) is 18.5. The van der Waals surface area contributed by atoms with Crippen LogP contribution in [0.5, 0.6) is 17.2 Å². The number of nitrogens with zero attached hydrogens (tertiary/aromatic N) is 1. The maximum absolute atomic E-state index is 11.8. The van der Waals surface area contributed by atoms with Crippen LogP contribution in [-0.2, 0) is 0 Å². The molecule has 1 aliphatic rings. The number of rotatable bonds is 7. The second kappa shape index (κ2) is 7.97. The number of hydrogen-bond donors (Lipinski definition) is 1. The number of methoxy groups -OCH3 is 2. The summed E-state index contributed by atoms with van der Waals surface area (Å²) in [6, 6.07) is 3.17. The van der Waals surface area contributed by atoms with Crippen molar-refractivity contribution >= 4 is 11.0 Å². The lowest BCUT2D eigenvalue weighted by molar-refractivity contribution is 0.0747. The Labute approximate surface area is 152 Å². The summed E-state index contributed by atoms with van der Waals surface area (Å²) in [5.41, 5.74) is 0.574. The van der Waals surface area contributed by atoms with E-state index in [2.05, 4.69) is 4.90 Å². The van der Waals surface area contributed by atoms with Crippen LogP contribution in [0.15, 0.2) is 21.3 Å². The number of aliphatic hydroxyl groups is 1. The van der Waals surface area contributed by atoms with Gasteiger partial charge in [0.2, 0.25) is 11.5 Å². The molecule has 7 heteroatoms. The zero-order valence-electron chi connectivity index (χ0n) is 15.4. The van der Waals surface area contributed by atoms with Crippen LogP contribution in [-0.4, -0.2) is 56.6 Å². The second-order valence-corrected chi connectivity index (χ2v) is 6.54. The highest BCUT2D eigenvalue weighted by Crippen LogP contribution is 2.43. The van der Waals surface area contributed by atoms with E-state index in [1.165, 1.54) is 20.3 Å². The summed E-state index contributed by atoms with van der Waals surface area (Å²) < 4.78 is 22.0. The van der Waals surface area contributed by atoms with Crippen LogP contribution in [0, 0.1) is 6.92 Å². The number of hydrogen-bond acceptors (Lipinski definition) is 7. The Bertz CT molecular complexity index is 825. The van der Waals surface area contributed by atoms with Crippen LogP contribution >= 0.6 is 0 Å². The lowest BCUT2D eigenvalue weighted by Gasteiger charge is -2.21. The topological polar surface area (TPSA) is 81.4 Å². The molecule has 7 nitrogen and oxygen atoms in total. The third-order valence-corrected chi connectivity index (χ3v) is 4.63. The van der Waals surface area contributed by atoms with Crippen LogP contribution in [0.3, 0.4) is 0 Å². The van der Waals surface area contributed by atoms with Gasteiger partial charge in [0.25, 0.3) is 0 Å². The quantitative estimate of drug-likeness (QED) is 0.753. The van der Waals surface area contributed by atoms with Gasteiger partial charge in [0, 0.05) is 18.0 Å². The fraction of sp³-hybridized carbons (Fsp3) is 0.526. The normalized spacial score (nSPS) is 16.0. The van der Waals surface area contributed by atoms with Crippen molar-refractivity contribution < 1.29 is 23.7 Å². The highest BCUT2D eigenvalue weighted by atomic mass is 16.5. The Hall–Kier alpha value is -2.25. The highest BCUT2D eigenvalue weighted by Gasteiger charge is 2.22. The zero-order chi connectivity index (χ0) is 18.7. The van der Waals surface area contributed by atoms with Crippen LogP contribution in [0.1, 0.15) is 18.4 Å². The summed E-state index contributed by atoms with van der Waals surface area (Å²) in [4.78, 5) is 14.0. The van der Waals surface area contributed by atoms with Gasteiger partial charge in [-0.3, -0.25) is 0 Å². The van der Waals surface area contributed by atoms with E-state index in [4.69, 9.17) is 18.6 Å². The average Bonchev–Trinajstić information content (AvgIpc) is 3.11. The van der Waals surface area contributed by atoms with Gasteiger partial charge in [0.15, 0.2) is 11.3 Å². The van der Waals surface area contributed by atoms with Gasteiger partial charge >= 0.3 is 5.63 Å². The van der Waals surface area contributed by atoms with Crippen LogP contribution in [0.4, 0.5) is 0 Å². The minimum absolute atomic E-state index is 0.0623. The molecule has 0 amide bonds. The highest BCUT2D eigenvalue weighted by molar-refractivity contribution is 5.90. The minimum Gasteiger partial charge on any atom is -0.493 e. The third kappa shape index (κ3) is 3.78. The van der Waals surface area contributed by atoms with Gasteiger partial charge in [0.1, 0.15) is 12.7 Å². The van der Waals surface area contributed by atoms with E-state index in [0.717, 1.165) is 31.5 Å². The molecule has 0 aliphatic carbocycles. The molecule has 1 aromatic heterocycles. The molecule has 0 spiro atoms. The van der Waals surface area contributed by atoms with Gasteiger partial charge in [-0.25, -0.2) is 4.79 Å². The molecule has 1 aliphatic heterocycles. The van der Waals surface area contributed by atoms with Crippen molar-refractivity contribution in [3.63, 3.8) is 0 Å². The first-order valence-corrected chi connectivity index (χ1v) is 8.76. The van der Waals surface area contributed by atoms with Crippen LogP contribution in [0.25, 0.3) is 11.0 Å². The predicted molar refractivity (Wildman–Crippen MR) is 97.5 cm³/mol. The number of aliphatic hydroxyl groups excluding tert-OH is 1. The molecule has 1 N–H and O–H groups in total. The lowest BCUT2D eigenvalue weighted by Crippen LogP contribution is -2.33. The summed E-state index contributed by atoms with van der Waals surface area (Å²) >= 11 is 0. The molecule has 0 saturated carbocycles. The third-order valence-electron chi connectivity index (χ3n) is 4.63. The smallest absolute Gasteiger partial charge is 0.336 e. The summed E-state index contributed by atoms with van der Waals surface area (Å²) in [5.74, 6) is 1.08. The Morgan fingerprint density at radius 2 is 1.92 bits per heavy atom. The van der Waals surface area contributed by atoms with Gasteiger partial charge in [0.05, 0.1) is 14.2 Å². The number of aryl methyl sites for hydroxylation is 1. The summed E-state index contributed by atoms with van der Waals surface area (Å²) in [7, 11) is 3.02. The average molecular weight is 363 g/mol. The van der Waals surface area contributed by atoms with Crippen molar-refractivity contribution in [1.29, 1.82) is 0 Å². The van der Waals surface area contributed by atoms with Crippen molar-refractivity contribution in [2.24, 2.45) is 0 Å². The number of likely N-dealkylation sites (tertiary alicyclic amines) is 1. The summed E-state index contributed by atoms with van der Waals surface area (Å²) in [6.45, 7) is 4.42. The SMILES string of the molecule is COc1cc2c(C)cc(=O)oc2c(OCC(O)CN2CCCC2)c1OC. The second-order valence-electron chi connectivity index (χ2n) is 6.54. The molecule has 1 unspecified atom stereocenters. The van der Waals surface area contributed by atoms with Gasteiger partial charge in [-0.1, -0.05) is 0 Å². The van der Waals surface area contributed by atoms with E-state index in [1.54, 1.807) is 6.07 Å². The molecule has 1 atom stereocenters. The standard InChI is InChI=1S/C19H25NO6/c1-12-8-16(22)26-17-14(12)9-15(23-2)18(24-3)19(17)25-11-13(21)10-20-6-4-5-7-20/h8-9,13,21H,4-7,10-11H2,1-3H3. The van der Waals surface area contributed by atoms with Gasteiger partial charge in [-0.2, -0.15) is 0 Å². The van der Waals surface area contributed by atoms with Crippen molar-refractivity contribution in [3.05, 3.63) is 28.1 Å². The Morgan fingerprint density at radius 3 is 2.58 bits per heavy atom. The van der Waals surface area contributed by atoms with Crippen molar-refractivity contribution in [2.75, 3.05) is 40.5 Å². The first-order chi connectivity index (χ1) is 12.5. The maximum Gasteiger partial charge on any atom is 0.336 e. The Morgan fingerprint density at radius 1 is 1.19 bits per heavy atom. The Kier molecular flexibility index (Phi) is 5.68. The molecule has 3 rings (SSSR count). The number of fused-ring (bicyclic) bond motifs is 1. The summed E-state index contributed by atoms with van der Waals surface area (Å²) in [5, 5.41) is 11.0.